The van der Waals surface area contributed by atoms with Gasteiger partial charge >= 0.3 is 0 Å². The molecule has 0 radical (unpaired) electrons. The largest absolute Gasteiger partial charge is 0.456 e. The zero-order valence-corrected chi connectivity index (χ0v) is 62.5. The van der Waals surface area contributed by atoms with Gasteiger partial charge in [-0.1, -0.05) is 231 Å². The van der Waals surface area contributed by atoms with Gasteiger partial charge in [0, 0.05) is 165 Å². The fourth-order valence-corrected chi connectivity index (χ4v) is 21.3. The van der Waals surface area contributed by atoms with Crippen LogP contribution in [0.25, 0.3) is 263 Å². The van der Waals surface area contributed by atoms with Gasteiger partial charge in [-0.3, -0.25) is 0 Å². The second-order valence-electron chi connectivity index (χ2n) is 31.6. The van der Waals surface area contributed by atoms with Crippen molar-refractivity contribution in [2.45, 2.75) is 0 Å². The van der Waals surface area contributed by atoms with Gasteiger partial charge in [0.2, 0.25) is 0 Å². The summed E-state index contributed by atoms with van der Waals surface area (Å²) in [4.78, 5) is 0. The summed E-state index contributed by atoms with van der Waals surface area (Å²) in [7, 11) is 0. The first-order chi connectivity index (χ1) is 58.1. The van der Waals surface area contributed by atoms with Crippen LogP contribution >= 0.6 is 0 Å². The molecule has 540 valence electrons. The fraction of sp³-hybridized carbons (Fsp3) is 0. The number of hydrogen-bond acceptors (Lipinski definition) is 3. The zero-order valence-electron chi connectivity index (χ0n) is 62.5. The maximum Gasteiger partial charge on any atom is 0.137 e. The number of fused-ring (bicyclic) bond motifs is 39. The predicted octanol–water partition coefficient (Wildman–Crippen LogP) is 29.5. The topological polar surface area (TPSA) is 67.4 Å². The molecule has 12 aromatic heterocycles. The minimum Gasteiger partial charge on any atom is -0.456 e. The van der Waals surface area contributed by atoms with Crippen molar-refractivity contribution >= 4 is 246 Å². The average molecular weight is 1490 g/mol. The molecule has 0 N–H and O–H groups in total. The van der Waals surface area contributed by atoms with Gasteiger partial charge in [0.05, 0.1) is 82.8 Å². The summed E-state index contributed by atoms with van der Waals surface area (Å²) in [5.74, 6) is 0. The Labute approximate surface area is 662 Å². The Morgan fingerprint density at radius 1 is 0.137 bits per heavy atom. The molecular formula is C108H60N6O3. The van der Waals surface area contributed by atoms with E-state index >= 15 is 0 Å². The van der Waals surface area contributed by atoms with E-state index < -0.39 is 0 Å². The van der Waals surface area contributed by atoms with Crippen molar-refractivity contribution in [1.29, 1.82) is 0 Å². The van der Waals surface area contributed by atoms with Crippen molar-refractivity contribution in [2.24, 2.45) is 0 Å². The van der Waals surface area contributed by atoms with Gasteiger partial charge in [0.15, 0.2) is 0 Å². The first-order valence-corrected chi connectivity index (χ1v) is 40.1. The van der Waals surface area contributed by atoms with Gasteiger partial charge in [-0.25, -0.2) is 0 Å². The molecule has 0 amide bonds. The Bertz CT molecular complexity index is 9570. The monoisotopic (exact) mass is 1490 g/mol. The molecule has 0 unspecified atom stereocenters. The predicted molar refractivity (Wildman–Crippen MR) is 488 cm³/mol. The summed E-state index contributed by atoms with van der Waals surface area (Å²) < 4.78 is 33.6. The minimum atomic E-state index is 0.909. The molecule has 9 nitrogen and oxygen atoms in total. The van der Waals surface area contributed by atoms with Crippen LogP contribution in [0.5, 0.6) is 0 Å². The van der Waals surface area contributed by atoms with E-state index in [4.69, 9.17) is 13.3 Å². The minimum absolute atomic E-state index is 0.909. The maximum atomic E-state index is 6.33. The third kappa shape index (κ3) is 8.01. The number of rotatable bonds is 3. The van der Waals surface area contributed by atoms with Crippen LogP contribution in [-0.4, -0.2) is 26.9 Å². The summed E-state index contributed by atoms with van der Waals surface area (Å²) in [5.41, 5.74) is 27.5. The summed E-state index contributed by atoms with van der Waals surface area (Å²) in [6.07, 6.45) is 0. The lowest BCUT2D eigenvalue weighted by atomic mass is 10.0. The lowest BCUT2D eigenvalue weighted by Crippen LogP contribution is -1.94. The molecule has 30 rings (SSSR count). The highest BCUT2D eigenvalue weighted by Gasteiger charge is 2.29. The van der Waals surface area contributed by atoms with E-state index in [1.54, 1.807) is 0 Å². The quantitative estimate of drug-likeness (QED) is 0.177. The molecule has 0 spiro atoms. The molecule has 9 heteroatoms. The molecule has 18 aromatic carbocycles. The number of aromatic nitrogens is 6. The molecule has 0 aliphatic carbocycles. The Morgan fingerprint density at radius 2 is 0.419 bits per heavy atom. The van der Waals surface area contributed by atoms with Gasteiger partial charge in [-0.05, 0) is 115 Å². The summed E-state index contributed by atoms with van der Waals surface area (Å²) >= 11 is 0. The Kier molecular flexibility index (Phi) is 11.9. The highest BCUT2D eigenvalue weighted by Crippen LogP contribution is 2.51. The number of hydrogen-bond donors (Lipinski definition) is 0. The molecule has 0 aliphatic rings. The highest BCUT2D eigenvalue weighted by atomic mass is 16.3. The van der Waals surface area contributed by atoms with Crippen LogP contribution in [0.3, 0.4) is 0 Å². The van der Waals surface area contributed by atoms with Crippen molar-refractivity contribution in [3.05, 3.63) is 364 Å². The number of furan rings is 3. The number of benzene rings is 18. The summed E-state index contributed by atoms with van der Waals surface area (Å²) in [6, 6.07) is 131. The van der Waals surface area contributed by atoms with Crippen LogP contribution in [-0.2, 0) is 0 Å². The number of para-hydroxylation sites is 12. The molecule has 12 heterocycles. The van der Waals surface area contributed by atoms with Crippen molar-refractivity contribution < 1.29 is 13.3 Å². The van der Waals surface area contributed by atoms with Crippen LogP contribution in [0.2, 0.25) is 0 Å². The molecule has 0 saturated carbocycles. The van der Waals surface area contributed by atoms with E-state index in [9.17, 15) is 0 Å². The van der Waals surface area contributed by atoms with Crippen LogP contribution in [0.1, 0.15) is 0 Å². The second kappa shape index (κ2) is 22.5. The summed E-state index contributed by atoms with van der Waals surface area (Å²) in [5, 5.41) is 30.1. The zero-order chi connectivity index (χ0) is 75.7. The average Bonchev–Trinajstić information content (AvgIpc) is 1.53. The standard InChI is InChI=1S/3C36H20N2O/c1-5-13-29-22(9-1)27-20-28-23-10-2-6-14-30(23)38-31-15-7-3-12-26(31)34(36(28)38)35(27)37(29)21-17-18-25-24-11-4-8-16-32(24)39-33(25)19-21;1-4-13-29-23(9-1)27-18-19-31-34(28-12-7-11-26-22-8-2-5-14-30(22)38(31)35(26)28)36(27)37(29)21-16-17-25-24-10-3-6-15-32(24)39-33(25)20-21;1-4-13-29-22(8-1)25-11-7-12-26-27-18-19-31-34(36(27)38(29)35(25)26)28-10-2-5-14-30(28)37(31)21-16-17-24-23-9-3-6-15-32(23)39-33(24)20-21/h3*1-20H. The first kappa shape index (κ1) is 61.8. The van der Waals surface area contributed by atoms with Gasteiger partial charge in [-0.2, -0.15) is 0 Å². The van der Waals surface area contributed by atoms with Crippen LogP contribution in [0.4, 0.5) is 0 Å². The van der Waals surface area contributed by atoms with Crippen LogP contribution in [0, 0.1) is 0 Å². The number of nitrogens with zero attached hydrogens (tertiary/aromatic N) is 6. The lowest BCUT2D eigenvalue weighted by Gasteiger charge is -2.09. The van der Waals surface area contributed by atoms with Crippen molar-refractivity contribution in [1.82, 2.24) is 26.9 Å². The smallest absolute Gasteiger partial charge is 0.137 e. The Balaban J connectivity index is 0.0000000917. The second-order valence-corrected chi connectivity index (χ2v) is 31.6. The fourth-order valence-electron chi connectivity index (χ4n) is 21.3. The van der Waals surface area contributed by atoms with Crippen LogP contribution < -0.4 is 0 Å². The van der Waals surface area contributed by atoms with E-state index in [0.717, 1.165) is 82.9 Å². The van der Waals surface area contributed by atoms with E-state index in [2.05, 4.69) is 354 Å². The van der Waals surface area contributed by atoms with E-state index in [1.807, 2.05) is 36.4 Å². The van der Waals surface area contributed by atoms with Crippen LogP contribution in [0.15, 0.2) is 377 Å². The molecular weight excluding hydrogens is 1430 g/mol. The van der Waals surface area contributed by atoms with Crippen molar-refractivity contribution in [3.63, 3.8) is 0 Å². The molecule has 0 bridgehead atoms. The van der Waals surface area contributed by atoms with E-state index in [1.165, 1.54) is 180 Å². The highest BCUT2D eigenvalue weighted by molar-refractivity contribution is 6.36. The molecule has 117 heavy (non-hydrogen) atoms. The van der Waals surface area contributed by atoms with Gasteiger partial charge in [-0.15, -0.1) is 0 Å². The maximum absolute atomic E-state index is 6.33. The normalized spacial score (nSPS) is 12.6. The van der Waals surface area contributed by atoms with Gasteiger partial charge < -0.3 is 40.2 Å². The van der Waals surface area contributed by atoms with E-state index in [0.29, 0.717) is 0 Å². The molecule has 0 aliphatic heterocycles. The van der Waals surface area contributed by atoms with Crippen molar-refractivity contribution in [3.8, 4) is 17.1 Å². The van der Waals surface area contributed by atoms with Gasteiger partial charge in [0.1, 0.15) is 33.5 Å². The van der Waals surface area contributed by atoms with E-state index in [-0.39, 0.29) is 0 Å². The molecule has 0 atom stereocenters. The SMILES string of the molecule is c1ccc2c(c1)oc1cc(-n3c4ccccc4c4c3ccc3c5cccc6c7ccccc7n(c65)c34)ccc12.c1ccc2c(c1)oc1cc(-n3c4ccccc4c4cc5c6ccccc6n6c7ccccc7c(c43)c56)ccc12.c1ccc2c(c1)oc1cc(-n3c4ccccc4c4ccc5c(c6cccc7c8ccccc8n5c76)c43)ccc12. The lowest BCUT2D eigenvalue weighted by molar-refractivity contribution is 0.668. The summed E-state index contributed by atoms with van der Waals surface area (Å²) in [6.45, 7) is 0. The third-order valence-corrected chi connectivity index (χ3v) is 25.9. The molecule has 0 fully saturated rings. The Hall–Kier alpha value is -15.8. The Morgan fingerprint density at radius 3 is 0.932 bits per heavy atom. The van der Waals surface area contributed by atoms with Crippen molar-refractivity contribution in [2.75, 3.05) is 0 Å². The van der Waals surface area contributed by atoms with Gasteiger partial charge in [0.25, 0.3) is 0 Å². The molecule has 30 aromatic rings. The first-order valence-electron chi connectivity index (χ1n) is 40.1. The third-order valence-electron chi connectivity index (χ3n) is 25.9. The molecule has 0 saturated heterocycles.